The highest BCUT2D eigenvalue weighted by atomic mass is 19.4. The van der Waals surface area contributed by atoms with Gasteiger partial charge in [-0.3, -0.25) is 20.1 Å². The highest BCUT2D eigenvalue weighted by Crippen LogP contribution is 2.23. The molecule has 4 N–H and O–H groups in total. The molecule has 1 unspecified atom stereocenters. The average molecular weight is 329 g/mol. The number of alkyl halides is 3. The van der Waals surface area contributed by atoms with Crippen molar-refractivity contribution in [3.63, 3.8) is 0 Å². The molecular formula is C11H18F3N3O5. The Labute approximate surface area is 124 Å². The number of hydrogen-bond donors (Lipinski definition) is 4. The molecule has 0 rings (SSSR count). The molecule has 11 heteroatoms. The second-order valence-electron chi connectivity index (χ2n) is 4.48. The van der Waals surface area contributed by atoms with Crippen molar-refractivity contribution < 1.29 is 37.5 Å². The second kappa shape index (κ2) is 8.54. The molecule has 0 aliphatic rings. The van der Waals surface area contributed by atoms with Gasteiger partial charge in [0.05, 0.1) is 19.6 Å². The predicted octanol–water partition coefficient (Wildman–Crippen LogP) is -0.531. The van der Waals surface area contributed by atoms with Crippen LogP contribution in [0.25, 0.3) is 0 Å². The second-order valence-corrected chi connectivity index (χ2v) is 4.48. The molecule has 0 fully saturated rings. The summed E-state index contributed by atoms with van der Waals surface area (Å²) in [6, 6.07) is -4.82. The molecular weight excluding hydrogens is 311 g/mol. The van der Waals surface area contributed by atoms with Crippen LogP contribution in [-0.2, 0) is 19.1 Å². The molecule has 128 valence electrons. The molecule has 0 aromatic heterocycles. The van der Waals surface area contributed by atoms with Crippen molar-refractivity contribution in [2.24, 2.45) is 0 Å². The number of amides is 2. The van der Waals surface area contributed by atoms with Crippen LogP contribution in [0.1, 0.15) is 20.3 Å². The maximum atomic E-state index is 12.8. The lowest BCUT2D eigenvalue weighted by Gasteiger charge is -2.24. The van der Waals surface area contributed by atoms with E-state index in [1.807, 2.05) is 10.6 Å². The third kappa shape index (κ3) is 6.72. The van der Waals surface area contributed by atoms with Gasteiger partial charge in [-0.15, -0.1) is 0 Å². The van der Waals surface area contributed by atoms with E-state index >= 15 is 0 Å². The summed E-state index contributed by atoms with van der Waals surface area (Å²) in [5.41, 5.74) is 1.20. The Morgan fingerprint density at radius 3 is 2.14 bits per heavy atom. The number of ether oxygens (including phenoxy) is 1. The topological polar surface area (TPSA) is 117 Å². The minimum Gasteiger partial charge on any atom is -0.467 e. The minimum absolute atomic E-state index is 0.808. The third-order valence-corrected chi connectivity index (χ3v) is 2.67. The van der Waals surface area contributed by atoms with Crippen molar-refractivity contribution >= 4 is 17.8 Å². The van der Waals surface area contributed by atoms with E-state index in [1.165, 1.54) is 12.4 Å². The van der Waals surface area contributed by atoms with Crippen molar-refractivity contribution in [3.8, 4) is 0 Å². The zero-order valence-corrected chi connectivity index (χ0v) is 12.2. The van der Waals surface area contributed by atoms with Crippen LogP contribution in [0.4, 0.5) is 13.2 Å². The lowest BCUT2D eigenvalue weighted by molar-refractivity contribution is -0.165. The molecule has 22 heavy (non-hydrogen) atoms. The number of esters is 1. The summed E-state index contributed by atoms with van der Waals surface area (Å²) in [6.07, 6.45) is -5.86. The fourth-order valence-corrected chi connectivity index (χ4v) is 1.46. The largest absolute Gasteiger partial charge is 0.467 e. The van der Waals surface area contributed by atoms with Crippen LogP contribution in [0.3, 0.4) is 0 Å². The van der Waals surface area contributed by atoms with Gasteiger partial charge < -0.3 is 10.1 Å². The molecule has 0 aliphatic heterocycles. The number of hydrogen-bond acceptors (Lipinski definition) is 6. The van der Waals surface area contributed by atoms with Crippen LogP contribution >= 0.6 is 0 Å². The van der Waals surface area contributed by atoms with E-state index < -0.39 is 48.5 Å². The number of carbonyl (C=O) groups excluding carboxylic acids is 3. The van der Waals surface area contributed by atoms with Gasteiger partial charge in [0.2, 0.25) is 5.91 Å². The van der Waals surface area contributed by atoms with Crippen molar-refractivity contribution in [2.75, 3.05) is 7.11 Å². The Morgan fingerprint density at radius 2 is 1.73 bits per heavy atom. The Hall–Kier alpha value is -1.88. The van der Waals surface area contributed by atoms with Crippen LogP contribution in [0.2, 0.25) is 0 Å². The van der Waals surface area contributed by atoms with Crippen LogP contribution in [0.15, 0.2) is 0 Å². The zero-order valence-electron chi connectivity index (χ0n) is 12.2. The molecule has 3 atom stereocenters. The number of halogens is 3. The molecule has 0 radical (unpaired) electrons. The third-order valence-electron chi connectivity index (χ3n) is 2.67. The Bertz CT molecular complexity index is 416. The van der Waals surface area contributed by atoms with Gasteiger partial charge in [-0.1, -0.05) is 0 Å². The normalized spacial score (nSPS) is 15.4. The molecule has 2 amide bonds. The molecule has 0 saturated carbocycles. The monoisotopic (exact) mass is 329 g/mol. The van der Waals surface area contributed by atoms with Gasteiger partial charge in [0.1, 0.15) is 12.1 Å². The number of nitrogens with one attached hydrogen (secondary N) is 3. The number of hydroxylamine groups is 1. The smallest absolute Gasteiger partial charge is 0.404 e. The van der Waals surface area contributed by atoms with Gasteiger partial charge in [0.25, 0.3) is 5.91 Å². The van der Waals surface area contributed by atoms with E-state index in [2.05, 4.69) is 4.74 Å². The van der Waals surface area contributed by atoms with Gasteiger partial charge in [-0.2, -0.15) is 13.2 Å². The first kappa shape index (κ1) is 20.1. The van der Waals surface area contributed by atoms with E-state index in [1.54, 1.807) is 0 Å². The molecule has 0 saturated heterocycles. The van der Waals surface area contributed by atoms with E-state index in [0.717, 1.165) is 14.0 Å². The quantitative estimate of drug-likeness (QED) is 0.283. The van der Waals surface area contributed by atoms with Crippen molar-refractivity contribution in [1.29, 1.82) is 0 Å². The Morgan fingerprint density at radius 1 is 1.18 bits per heavy atom. The van der Waals surface area contributed by atoms with Gasteiger partial charge in [0.15, 0.2) is 0 Å². The number of carbonyl (C=O) groups is 3. The Balaban J connectivity index is 4.77. The summed E-state index contributed by atoms with van der Waals surface area (Å²) in [6.45, 7) is 2.33. The van der Waals surface area contributed by atoms with Crippen molar-refractivity contribution in [1.82, 2.24) is 16.1 Å². The lowest BCUT2D eigenvalue weighted by atomic mass is 10.1. The maximum Gasteiger partial charge on any atom is 0.404 e. The first-order chi connectivity index (χ1) is 10.0. The Kier molecular flexibility index (Phi) is 7.81. The van der Waals surface area contributed by atoms with E-state index in [-0.39, 0.29) is 0 Å². The van der Waals surface area contributed by atoms with Gasteiger partial charge in [0, 0.05) is 0 Å². The first-order valence-electron chi connectivity index (χ1n) is 6.16. The molecule has 0 aliphatic carbocycles. The van der Waals surface area contributed by atoms with Gasteiger partial charge in [-0.05, 0) is 13.8 Å². The summed E-state index contributed by atoms with van der Waals surface area (Å²) in [7, 11) is 1.07. The van der Waals surface area contributed by atoms with Gasteiger partial charge >= 0.3 is 12.1 Å². The highest BCUT2D eigenvalue weighted by Gasteiger charge is 2.42. The summed E-state index contributed by atoms with van der Waals surface area (Å²) in [5.74, 6) is -2.94. The summed E-state index contributed by atoms with van der Waals surface area (Å²) < 4.78 is 42.8. The first-order valence-corrected chi connectivity index (χ1v) is 6.16. The number of methoxy groups -OCH3 is 1. The fraction of sp³-hybridized carbons (Fsp3) is 0.727. The molecule has 0 spiro atoms. The molecule has 0 heterocycles. The van der Waals surface area contributed by atoms with E-state index in [4.69, 9.17) is 5.21 Å². The fourth-order valence-electron chi connectivity index (χ4n) is 1.46. The average Bonchev–Trinajstić information content (AvgIpc) is 2.43. The SMILES string of the molecule is COC(=O)[C@@H](C)NC(=O)CC(N[C@@H](C)C(=O)NO)C(F)(F)F. The molecule has 8 nitrogen and oxygen atoms in total. The van der Waals surface area contributed by atoms with E-state index in [9.17, 15) is 27.6 Å². The zero-order chi connectivity index (χ0) is 17.5. The van der Waals surface area contributed by atoms with Gasteiger partial charge in [-0.25, -0.2) is 10.3 Å². The highest BCUT2D eigenvalue weighted by molar-refractivity contribution is 5.84. The predicted molar refractivity (Wildman–Crippen MR) is 66.6 cm³/mol. The maximum absolute atomic E-state index is 12.8. The van der Waals surface area contributed by atoms with Crippen LogP contribution in [-0.4, -0.2) is 54.4 Å². The van der Waals surface area contributed by atoms with Crippen LogP contribution in [0.5, 0.6) is 0 Å². The van der Waals surface area contributed by atoms with Crippen molar-refractivity contribution in [2.45, 2.75) is 44.6 Å². The molecule has 0 aromatic rings. The minimum atomic E-state index is -4.81. The summed E-state index contributed by atoms with van der Waals surface area (Å²) in [4.78, 5) is 33.6. The molecule has 0 bridgehead atoms. The standard InChI is InChI=1S/C11H18F3N3O5/c1-5(9(19)17-21)15-7(11(12,13)14)4-8(18)16-6(2)10(20)22-3/h5-7,15,21H,4H2,1-3H3,(H,16,18)(H,17,19)/t5-,6+,7?/m0/s1. The van der Waals surface area contributed by atoms with Crippen LogP contribution < -0.4 is 16.1 Å². The summed E-state index contributed by atoms with van der Waals surface area (Å²) >= 11 is 0. The van der Waals surface area contributed by atoms with Crippen molar-refractivity contribution in [3.05, 3.63) is 0 Å². The summed E-state index contributed by atoms with van der Waals surface area (Å²) in [5, 5.41) is 12.3. The van der Waals surface area contributed by atoms with Crippen LogP contribution in [0, 0.1) is 0 Å². The lowest BCUT2D eigenvalue weighted by Crippen LogP contribution is -2.53. The van der Waals surface area contributed by atoms with E-state index in [0.29, 0.717) is 0 Å². The number of rotatable bonds is 7. The molecule has 0 aromatic carbocycles.